The Hall–Kier alpha value is -4.07. The first kappa shape index (κ1) is 22.7. The zero-order valence-corrected chi connectivity index (χ0v) is 19.2. The van der Waals surface area contributed by atoms with Crippen molar-refractivity contribution in [2.75, 3.05) is 0 Å². The summed E-state index contributed by atoms with van der Waals surface area (Å²) in [7, 11) is 0. The summed E-state index contributed by atoms with van der Waals surface area (Å²) in [5.41, 5.74) is -0.825. The van der Waals surface area contributed by atoms with E-state index in [2.05, 4.69) is 0 Å². The molecule has 3 aromatic rings. The molecular weight excluding hydrogens is 450 g/mol. The molecule has 0 amide bonds. The Balaban J connectivity index is 1.76. The number of nitrogens with zero attached hydrogens (tertiary/aromatic N) is 1. The zero-order chi connectivity index (χ0) is 25.0. The van der Waals surface area contributed by atoms with Crippen molar-refractivity contribution < 1.29 is 28.8 Å². The fourth-order valence-electron chi connectivity index (χ4n) is 5.51. The molecule has 1 heterocycles. The molecule has 2 atom stereocenters. The highest BCUT2D eigenvalue weighted by Crippen LogP contribution is 2.58. The number of nitro groups is 1. The van der Waals surface area contributed by atoms with Gasteiger partial charge in [-0.2, -0.15) is 0 Å². The molecule has 3 aromatic carbocycles. The number of rotatable bonds is 3. The summed E-state index contributed by atoms with van der Waals surface area (Å²) in [6.45, 7) is 2.97. The van der Waals surface area contributed by atoms with Gasteiger partial charge in [-0.1, -0.05) is 54.6 Å². The van der Waals surface area contributed by atoms with E-state index in [4.69, 9.17) is 9.47 Å². The van der Waals surface area contributed by atoms with Gasteiger partial charge in [0.25, 0.3) is 11.5 Å². The molecule has 178 valence electrons. The van der Waals surface area contributed by atoms with Crippen LogP contribution in [0.4, 0.5) is 5.69 Å². The summed E-state index contributed by atoms with van der Waals surface area (Å²) < 4.78 is 11.3. The lowest BCUT2D eigenvalue weighted by atomic mass is 9.55. The standard InChI is InChI=1S/C27H23NO7/c1-26(2)34-24(30)27(25(31)35-26)22(17-10-12-18(13-11-17)28(32)33)14-19(29)15-23(27)21-9-5-7-16-6-3-4-8-20(16)21/h3-13,22-23H,14-15H2,1-2H3/t22-,23+/m1/s1. The van der Waals surface area contributed by atoms with E-state index in [1.54, 1.807) is 0 Å². The zero-order valence-electron chi connectivity index (χ0n) is 19.2. The Bertz CT molecular complexity index is 1350. The first-order valence-corrected chi connectivity index (χ1v) is 11.3. The van der Waals surface area contributed by atoms with Crippen LogP contribution in [0.3, 0.4) is 0 Å². The van der Waals surface area contributed by atoms with Crippen LogP contribution in [0.1, 0.15) is 49.7 Å². The van der Waals surface area contributed by atoms with Crippen LogP contribution in [-0.2, 0) is 23.9 Å². The molecule has 35 heavy (non-hydrogen) atoms. The molecule has 0 radical (unpaired) electrons. The predicted octanol–water partition coefficient (Wildman–Crippen LogP) is 4.80. The van der Waals surface area contributed by atoms with Gasteiger partial charge in [-0.25, -0.2) is 0 Å². The molecule has 1 aliphatic heterocycles. The second-order valence-corrected chi connectivity index (χ2v) is 9.52. The number of ether oxygens (including phenoxy) is 2. The molecular formula is C27H23NO7. The Labute approximate surface area is 201 Å². The van der Waals surface area contributed by atoms with Crippen molar-refractivity contribution in [1.82, 2.24) is 0 Å². The quantitative estimate of drug-likeness (QED) is 0.232. The van der Waals surface area contributed by atoms with Gasteiger partial charge in [0.2, 0.25) is 0 Å². The minimum atomic E-state index is -1.83. The maximum atomic E-state index is 13.8. The minimum absolute atomic E-state index is 0.0396. The number of Topliss-reactive ketones (excluding diaryl/α,β-unsaturated/α-hetero) is 1. The molecule has 1 aliphatic carbocycles. The number of benzene rings is 3. The van der Waals surface area contributed by atoms with Crippen molar-refractivity contribution in [1.29, 1.82) is 0 Å². The number of fused-ring (bicyclic) bond motifs is 1. The molecule has 0 bridgehead atoms. The van der Waals surface area contributed by atoms with Crippen LogP contribution in [0.2, 0.25) is 0 Å². The lowest BCUT2D eigenvalue weighted by molar-refractivity contribution is -0.384. The van der Waals surface area contributed by atoms with E-state index in [1.807, 2.05) is 42.5 Å². The number of nitro benzene ring substituents is 1. The van der Waals surface area contributed by atoms with Crippen molar-refractivity contribution in [3.05, 3.63) is 88.0 Å². The Morgan fingerprint density at radius 2 is 1.43 bits per heavy atom. The predicted molar refractivity (Wildman–Crippen MR) is 125 cm³/mol. The summed E-state index contributed by atoms with van der Waals surface area (Å²) in [5, 5.41) is 12.9. The van der Waals surface area contributed by atoms with Gasteiger partial charge in [-0.05, 0) is 21.9 Å². The normalized spacial score (nSPS) is 23.1. The molecule has 1 spiro atoms. The molecule has 5 rings (SSSR count). The van der Waals surface area contributed by atoms with Crippen molar-refractivity contribution in [2.45, 2.75) is 44.3 Å². The molecule has 8 heteroatoms. The molecule has 0 N–H and O–H groups in total. The first-order valence-electron chi connectivity index (χ1n) is 11.3. The number of esters is 2. The summed E-state index contributed by atoms with van der Waals surface area (Å²) in [4.78, 5) is 51.4. The highest BCUT2D eigenvalue weighted by molar-refractivity contribution is 6.07. The molecule has 1 saturated heterocycles. The molecule has 0 unspecified atom stereocenters. The highest BCUT2D eigenvalue weighted by Gasteiger charge is 2.67. The monoisotopic (exact) mass is 473 g/mol. The van der Waals surface area contributed by atoms with Crippen molar-refractivity contribution in [2.24, 2.45) is 5.41 Å². The molecule has 8 nitrogen and oxygen atoms in total. The van der Waals surface area contributed by atoms with Crippen molar-refractivity contribution in [3.63, 3.8) is 0 Å². The van der Waals surface area contributed by atoms with Crippen LogP contribution in [0.25, 0.3) is 10.8 Å². The highest BCUT2D eigenvalue weighted by atomic mass is 16.7. The second kappa shape index (κ2) is 8.01. The number of hydrogen-bond acceptors (Lipinski definition) is 7. The third-order valence-electron chi connectivity index (χ3n) is 7.02. The SMILES string of the molecule is CC1(C)OC(=O)C2(C(=O)O1)[C@@H](c1ccc([N+](=O)[O-])cc1)CC(=O)C[C@H]2c1cccc2ccccc12. The van der Waals surface area contributed by atoms with E-state index in [0.717, 1.165) is 10.8 Å². The van der Waals surface area contributed by atoms with Crippen LogP contribution in [0.5, 0.6) is 0 Å². The summed E-state index contributed by atoms with van der Waals surface area (Å²) in [6.07, 6.45) is -0.133. The van der Waals surface area contributed by atoms with Crippen LogP contribution in [0.15, 0.2) is 66.7 Å². The van der Waals surface area contributed by atoms with Crippen LogP contribution >= 0.6 is 0 Å². The number of non-ortho nitro benzene ring substituents is 1. The Kier molecular flexibility index (Phi) is 5.20. The van der Waals surface area contributed by atoms with Gasteiger partial charge in [-0.15, -0.1) is 0 Å². The van der Waals surface area contributed by atoms with Gasteiger partial charge in [0.15, 0.2) is 5.41 Å². The second-order valence-electron chi connectivity index (χ2n) is 9.52. The number of ketones is 1. The lowest BCUT2D eigenvalue weighted by Gasteiger charge is -2.50. The van der Waals surface area contributed by atoms with Crippen LogP contribution in [-0.4, -0.2) is 28.4 Å². The van der Waals surface area contributed by atoms with E-state index in [1.165, 1.54) is 38.1 Å². The average molecular weight is 473 g/mol. The lowest BCUT2D eigenvalue weighted by Crippen LogP contribution is -2.61. The van der Waals surface area contributed by atoms with Gasteiger partial charge in [0, 0.05) is 50.7 Å². The molecule has 2 aliphatic rings. The molecule has 1 saturated carbocycles. The van der Waals surface area contributed by atoms with E-state index < -0.39 is 39.9 Å². The van der Waals surface area contributed by atoms with Crippen molar-refractivity contribution >= 4 is 34.2 Å². The maximum absolute atomic E-state index is 13.8. The third kappa shape index (κ3) is 3.56. The first-order chi connectivity index (χ1) is 16.6. The third-order valence-corrected chi connectivity index (χ3v) is 7.02. The number of cyclic esters (lactones) is 2. The van der Waals surface area contributed by atoms with Gasteiger partial charge < -0.3 is 9.47 Å². The van der Waals surface area contributed by atoms with Crippen molar-refractivity contribution in [3.8, 4) is 0 Å². The summed E-state index contributed by atoms with van der Waals surface area (Å²) >= 11 is 0. The summed E-state index contributed by atoms with van der Waals surface area (Å²) in [5.74, 6) is -4.84. The molecule has 0 aromatic heterocycles. The van der Waals surface area contributed by atoms with Crippen LogP contribution in [0, 0.1) is 15.5 Å². The number of carbonyl (C=O) groups excluding carboxylic acids is 3. The van der Waals surface area contributed by atoms with E-state index in [9.17, 15) is 24.5 Å². The number of hydrogen-bond donors (Lipinski definition) is 0. The molecule has 2 fully saturated rings. The number of carbonyl (C=O) groups is 3. The van der Waals surface area contributed by atoms with E-state index in [0.29, 0.717) is 11.1 Å². The van der Waals surface area contributed by atoms with Gasteiger partial charge in [0.05, 0.1) is 4.92 Å². The maximum Gasteiger partial charge on any atom is 0.328 e. The Morgan fingerprint density at radius 1 is 0.829 bits per heavy atom. The van der Waals surface area contributed by atoms with Gasteiger partial charge in [-0.3, -0.25) is 24.5 Å². The smallest absolute Gasteiger partial charge is 0.328 e. The van der Waals surface area contributed by atoms with E-state index >= 15 is 0 Å². The fourth-order valence-corrected chi connectivity index (χ4v) is 5.51. The van der Waals surface area contributed by atoms with Gasteiger partial charge in [0.1, 0.15) is 5.78 Å². The Morgan fingerprint density at radius 3 is 2.09 bits per heavy atom. The minimum Gasteiger partial charge on any atom is -0.422 e. The van der Waals surface area contributed by atoms with Gasteiger partial charge >= 0.3 is 11.9 Å². The van der Waals surface area contributed by atoms with Crippen LogP contribution < -0.4 is 0 Å². The van der Waals surface area contributed by atoms with E-state index in [-0.39, 0.29) is 24.3 Å². The topological polar surface area (TPSA) is 113 Å². The summed E-state index contributed by atoms with van der Waals surface area (Å²) in [6, 6.07) is 18.7. The fraction of sp³-hybridized carbons (Fsp3) is 0.296. The largest absolute Gasteiger partial charge is 0.422 e. The average Bonchev–Trinajstić information content (AvgIpc) is 2.81.